The zero-order chi connectivity index (χ0) is 18.6. The quantitative estimate of drug-likeness (QED) is 0.617. The largest absolute Gasteiger partial charge is 0.477 e. The minimum atomic E-state index is -0.676. The van der Waals surface area contributed by atoms with E-state index in [-0.39, 0.29) is 27.8 Å². The summed E-state index contributed by atoms with van der Waals surface area (Å²) in [5, 5.41) is 24.1. The van der Waals surface area contributed by atoms with Gasteiger partial charge in [0, 0.05) is 17.8 Å². The van der Waals surface area contributed by atoms with Gasteiger partial charge in [-0.3, -0.25) is 25.0 Å². The summed E-state index contributed by atoms with van der Waals surface area (Å²) in [7, 11) is 0. The highest BCUT2D eigenvalue weighted by atomic mass is 35.5. The maximum atomic E-state index is 11.9. The second-order valence-electron chi connectivity index (χ2n) is 4.99. The summed E-state index contributed by atoms with van der Waals surface area (Å²) in [5.41, 5.74) is 0.226. The summed E-state index contributed by atoms with van der Waals surface area (Å²) in [5.74, 6) is -0.681. The van der Waals surface area contributed by atoms with E-state index in [1.54, 1.807) is 13.0 Å². The Bertz CT molecular complexity index is 855. The van der Waals surface area contributed by atoms with Crippen molar-refractivity contribution in [1.82, 2.24) is 0 Å². The molecule has 9 nitrogen and oxygen atoms in total. The molecule has 0 bridgehead atoms. The van der Waals surface area contributed by atoms with Crippen LogP contribution in [0.2, 0.25) is 5.02 Å². The fourth-order valence-electron chi connectivity index (χ4n) is 1.96. The van der Waals surface area contributed by atoms with Crippen molar-refractivity contribution in [1.29, 1.82) is 0 Å². The van der Waals surface area contributed by atoms with E-state index in [4.69, 9.17) is 16.3 Å². The second kappa shape index (κ2) is 7.58. The zero-order valence-electron chi connectivity index (χ0n) is 12.9. The number of anilines is 1. The normalized spacial score (nSPS) is 10.2. The van der Waals surface area contributed by atoms with Gasteiger partial charge in [0.05, 0.1) is 9.85 Å². The highest BCUT2D eigenvalue weighted by Gasteiger charge is 2.17. The number of hydrogen-bond donors (Lipinski definition) is 1. The van der Waals surface area contributed by atoms with Crippen LogP contribution in [0.1, 0.15) is 5.56 Å². The number of ether oxygens (including phenoxy) is 1. The molecule has 25 heavy (non-hydrogen) atoms. The topological polar surface area (TPSA) is 125 Å². The van der Waals surface area contributed by atoms with E-state index in [1.807, 2.05) is 0 Å². The maximum absolute atomic E-state index is 11.9. The fraction of sp³-hybridized carbons (Fsp3) is 0.133. The van der Waals surface area contributed by atoms with Gasteiger partial charge in [-0.25, -0.2) is 0 Å². The number of aryl methyl sites for hydroxylation is 1. The third-order valence-corrected chi connectivity index (χ3v) is 3.42. The Kier molecular flexibility index (Phi) is 5.50. The first kappa shape index (κ1) is 18.1. The molecule has 0 spiro atoms. The van der Waals surface area contributed by atoms with Crippen molar-refractivity contribution in [2.75, 3.05) is 11.9 Å². The number of nitrogens with zero attached hydrogens (tertiary/aromatic N) is 2. The molecule has 1 N–H and O–H groups in total. The smallest absolute Gasteiger partial charge is 0.311 e. The van der Waals surface area contributed by atoms with Crippen LogP contribution in [0.5, 0.6) is 5.75 Å². The number of carbonyl (C=O) groups is 1. The van der Waals surface area contributed by atoms with Crippen LogP contribution in [-0.2, 0) is 4.79 Å². The molecule has 0 radical (unpaired) electrons. The van der Waals surface area contributed by atoms with E-state index in [1.165, 1.54) is 24.3 Å². The van der Waals surface area contributed by atoms with E-state index in [0.717, 1.165) is 6.07 Å². The number of halogens is 1. The number of nitrogens with one attached hydrogen (secondary N) is 1. The van der Waals surface area contributed by atoms with Crippen LogP contribution in [0, 0.1) is 27.2 Å². The molecular formula is C15H12ClN3O6. The number of amides is 1. The van der Waals surface area contributed by atoms with E-state index >= 15 is 0 Å². The summed E-state index contributed by atoms with van der Waals surface area (Å²) in [6.07, 6.45) is 0. The molecule has 0 saturated heterocycles. The Labute approximate surface area is 146 Å². The Balaban J connectivity index is 2.06. The van der Waals surface area contributed by atoms with Crippen molar-refractivity contribution < 1.29 is 19.4 Å². The van der Waals surface area contributed by atoms with Crippen molar-refractivity contribution in [3.8, 4) is 5.75 Å². The van der Waals surface area contributed by atoms with Gasteiger partial charge in [0.2, 0.25) is 0 Å². The average molecular weight is 366 g/mol. The molecule has 130 valence electrons. The van der Waals surface area contributed by atoms with Crippen LogP contribution in [-0.4, -0.2) is 22.4 Å². The minimum Gasteiger partial charge on any atom is -0.477 e. The van der Waals surface area contributed by atoms with Gasteiger partial charge in [-0.05, 0) is 30.7 Å². The van der Waals surface area contributed by atoms with Gasteiger partial charge < -0.3 is 10.1 Å². The lowest BCUT2D eigenvalue weighted by molar-refractivity contribution is -0.385. The van der Waals surface area contributed by atoms with Crippen LogP contribution in [0.4, 0.5) is 17.1 Å². The second-order valence-corrected chi connectivity index (χ2v) is 5.40. The first-order valence-corrected chi connectivity index (χ1v) is 7.27. The van der Waals surface area contributed by atoms with Gasteiger partial charge in [0.15, 0.2) is 12.4 Å². The monoisotopic (exact) mass is 365 g/mol. The van der Waals surface area contributed by atoms with Gasteiger partial charge >= 0.3 is 5.69 Å². The fourth-order valence-corrected chi connectivity index (χ4v) is 2.15. The first-order valence-electron chi connectivity index (χ1n) is 6.89. The van der Waals surface area contributed by atoms with Crippen molar-refractivity contribution in [2.24, 2.45) is 0 Å². The summed E-state index contributed by atoms with van der Waals surface area (Å²) in [4.78, 5) is 32.4. The molecule has 2 aromatic carbocycles. The molecular weight excluding hydrogens is 354 g/mol. The molecule has 2 aromatic rings. The molecule has 0 heterocycles. The lowest BCUT2D eigenvalue weighted by Gasteiger charge is -2.08. The Morgan fingerprint density at radius 1 is 1.12 bits per heavy atom. The SMILES string of the molecule is Cc1ccc(OCC(=O)Nc2ccc(Cl)c([N+](=O)[O-])c2)c([N+](=O)[O-])c1. The molecule has 0 aliphatic carbocycles. The summed E-state index contributed by atoms with van der Waals surface area (Å²) in [6, 6.07) is 8.11. The number of rotatable bonds is 6. The molecule has 2 rings (SSSR count). The molecule has 10 heteroatoms. The van der Waals surface area contributed by atoms with Crippen molar-refractivity contribution in [3.05, 3.63) is 67.2 Å². The Hall–Kier alpha value is -3.20. The summed E-state index contributed by atoms with van der Waals surface area (Å²) >= 11 is 5.69. The van der Waals surface area contributed by atoms with Gasteiger partial charge in [-0.2, -0.15) is 0 Å². The predicted molar refractivity (Wildman–Crippen MR) is 90.1 cm³/mol. The molecule has 0 fully saturated rings. The van der Waals surface area contributed by atoms with Crippen LogP contribution in [0.15, 0.2) is 36.4 Å². The van der Waals surface area contributed by atoms with E-state index in [0.29, 0.717) is 5.56 Å². The minimum absolute atomic E-state index is 0.0483. The molecule has 0 aromatic heterocycles. The van der Waals surface area contributed by atoms with Crippen LogP contribution in [0.3, 0.4) is 0 Å². The van der Waals surface area contributed by atoms with E-state index in [9.17, 15) is 25.0 Å². The van der Waals surface area contributed by atoms with Crippen LogP contribution < -0.4 is 10.1 Å². The third kappa shape index (κ3) is 4.64. The molecule has 0 saturated carbocycles. The summed E-state index contributed by atoms with van der Waals surface area (Å²) in [6.45, 7) is 1.19. The standard InChI is InChI=1S/C15H12ClN3O6/c1-9-2-5-14(13(6-9)19(23)24)25-8-15(20)17-10-3-4-11(16)12(7-10)18(21)22/h2-7H,8H2,1H3,(H,17,20). The summed E-state index contributed by atoms with van der Waals surface area (Å²) < 4.78 is 5.18. The first-order chi connectivity index (χ1) is 11.8. The number of nitro benzene ring substituents is 2. The van der Waals surface area contributed by atoms with E-state index in [2.05, 4.69) is 5.32 Å². The van der Waals surface area contributed by atoms with Crippen molar-refractivity contribution in [3.63, 3.8) is 0 Å². The lowest BCUT2D eigenvalue weighted by atomic mass is 10.2. The predicted octanol–water partition coefficient (Wildman–Crippen LogP) is 3.48. The van der Waals surface area contributed by atoms with Gasteiger partial charge in [0.1, 0.15) is 5.02 Å². The Morgan fingerprint density at radius 2 is 1.80 bits per heavy atom. The maximum Gasteiger partial charge on any atom is 0.311 e. The molecule has 0 aliphatic rings. The number of nitro groups is 2. The van der Waals surface area contributed by atoms with Crippen LogP contribution in [0.25, 0.3) is 0 Å². The molecule has 0 unspecified atom stereocenters. The number of benzene rings is 2. The molecule has 1 amide bonds. The van der Waals surface area contributed by atoms with E-state index < -0.39 is 22.4 Å². The van der Waals surface area contributed by atoms with Gasteiger partial charge in [-0.1, -0.05) is 17.7 Å². The van der Waals surface area contributed by atoms with Crippen LogP contribution >= 0.6 is 11.6 Å². The van der Waals surface area contributed by atoms with Gasteiger partial charge in [0.25, 0.3) is 11.6 Å². The van der Waals surface area contributed by atoms with Crippen molar-refractivity contribution >= 4 is 34.6 Å². The lowest BCUT2D eigenvalue weighted by Crippen LogP contribution is -2.20. The van der Waals surface area contributed by atoms with Crippen molar-refractivity contribution in [2.45, 2.75) is 6.92 Å². The molecule has 0 atom stereocenters. The highest BCUT2D eigenvalue weighted by Crippen LogP contribution is 2.29. The number of hydrogen-bond acceptors (Lipinski definition) is 6. The molecule has 0 aliphatic heterocycles. The highest BCUT2D eigenvalue weighted by molar-refractivity contribution is 6.32. The average Bonchev–Trinajstić information content (AvgIpc) is 2.55. The Morgan fingerprint density at radius 3 is 2.44 bits per heavy atom. The number of carbonyl (C=O) groups excluding carboxylic acids is 1. The van der Waals surface area contributed by atoms with Gasteiger partial charge in [-0.15, -0.1) is 0 Å². The third-order valence-electron chi connectivity index (χ3n) is 3.10. The zero-order valence-corrected chi connectivity index (χ0v) is 13.6.